The molecule has 2 fully saturated rings. The summed E-state index contributed by atoms with van der Waals surface area (Å²) < 4.78 is 25.1. The van der Waals surface area contributed by atoms with Crippen LogP contribution in [0.5, 0.6) is 0 Å². The molecule has 1 N–H and O–H groups in total. The second-order valence-corrected chi connectivity index (χ2v) is 8.22. The number of aliphatic hydroxyl groups excluding tert-OH is 1. The highest BCUT2D eigenvalue weighted by molar-refractivity contribution is 14.1. The van der Waals surface area contributed by atoms with Crippen molar-refractivity contribution in [3.63, 3.8) is 0 Å². The van der Waals surface area contributed by atoms with Crippen molar-refractivity contribution in [2.45, 2.75) is 69.9 Å². The summed E-state index contributed by atoms with van der Waals surface area (Å²) in [5, 5.41) is 9.72. The van der Waals surface area contributed by atoms with Crippen molar-refractivity contribution >= 4 is 23.0 Å². The molecular weight excluding hydrogens is 412 g/mol. The SMILES string of the molecule is CO[C@H]1C[C@H](CO)N(C[C@H]2CC[C@@H](C(C)(C)F)CC2)C[C@@H]1OI. The molecule has 0 aromatic rings. The average molecular weight is 443 g/mol. The molecule has 0 unspecified atom stereocenters. The molecule has 136 valence electrons. The second-order valence-electron chi connectivity index (χ2n) is 7.71. The molecule has 23 heavy (non-hydrogen) atoms. The fraction of sp³-hybridized carbons (Fsp3) is 1.00. The van der Waals surface area contributed by atoms with Crippen molar-refractivity contribution in [1.82, 2.24) is 4.90 Å². The van der Waals surface area contributed by atoms with Gasteiger partial charge in [-0.15, -0.1) is 0 Å². The topological polar surface area (TPSA) is 41.9 Å². The summed E-state index contributed by atoms with van der Waals surface area (Å²) in [6, 6.07) is 0.137. The molecule has 4 nitrogen and oxygen atoms in total. The van der Waals surface area contributed by atoms with E-state index in [1.807, 2.05) is 23.0 Å². The number of aliphatic hydroxyl groups is 1. The normalized spacial score (nSPS) is 37.0. The van der Waals surface area contributed by atoms with Gasteiger partial charge in [-0.25, -0.2) is 4.39 Å². The number of hydrogen-bond acceptors (Lipinski definition) is 4. The van der Waals surface area contributed by atoms with Gasteiger partial charge in [0.15, 0.2) is 0 Å². The molecule has 1 saturated heterocycles. The lowest BCUT2D eigenvalue weighted by molar-refractivity contribution is -0.0707. The minimum Gasteiger partial charge on any atom is -0.395 e. The zero-order valence-electron chi connectivity index (χ0n) is 14.5. The molecule has 0 aromatic carbocycles. The molecule has 3 atom stereocenters. The van der Waals surface area contributed by atoms with Gasteiger partial charge in [-0.1, -0.05) is 0 Å². The number of ether oxygens (including phenoxy) is 1. The molecule has 2 rings (SSSR count). The first-order valence-corrected chi connectivity index (χ1v) is 9.61. The average Bonchev–Trinajstić information content (AvgIpc) is 2.54. The first-order valence-electron chi connectivity index (χ1n) is 8.73. The van der Waals surface area contributed by atoms with E-state index in [4.69, 9.17) is 7.80 Å². The van der Waals surface area contributed by atoms with Crippen LogP contribution in [0.15, 0.2) is 0 Å². The number of nitrogens with zero attached hydrogens (tertiary/aromatic N) is 1. The van der Waals surface area contributed by atoms with Crippen LogP contribution >= 0.6 is 23.0 Å². The minimum atomic E-state index is -1.06. The molecule has 0 aromatic heterocycles. The van der Waals surface area contributed by atoms with Crippen LogP contribution in [-0.4, -0.2) is 60.7 Å². The Kier molecular flexibility index (Phi) is 7.53. The predicted molar refractivity (Wildman–Crippen MR) is 97.4 cm³/mol. The highest BCUT2D eigenvalue weighted by Gasteiger charge is 2.38. The van der Waals surface area contributed by atoms with Crippen molar-refractivity contribution in [2.24, 2.45) is 11.8 Å². The summed E-state index contributed by atoms with van der Waals surface area (Å²) in [5.74, 6) is 0.786. The molecule has 1 heterocycles. The molecular formula is C17H31FINO3. The Balaban J connectivity index is 1.89. The minimum absolute atomic E-state index is 0.0448. The predicted octanol–water partition coefficient (Wildman–Crippen LogP) is 3.36. The van der Waals surface area contributed by atoms with E-state index in [9.17, 15) is 9.50 Å². The lowest BCUT2D eigenvalue weighted by Gasteiger charge is -2.44. The summed E-state index contributed by atoms with van der Waals surface area (Å²) >= 11 is 1.95. The second kappa shape index (κ2) is 8.74. The van der Waals surface area contributed by atoms with Crippen LogP contribution < -0.4 is 0 Å². The summed E-state index contributed by atoms with van der Waals surface area (Å²) in [6.45, 7) is 5.33. The molecule has 0 amide bonds. The van der Waals surface area contributed by atoms with E-state index in [1.54, 1.807) is 21.0 Å². The molecule has 6 heteroatoms. The first kappa shape index (κ1) is 19.8. The van der Waals surface area contributed by atoms with E-state index in [0.717, 1.165) is 45.2 Å². The number of hydrogen-bond donors (Lipinski definition) is 1. The Bertz CT molecular complexity index is 358. The lowest BCUT2D eigenvalue weighted by Crippen LogP contribution is -2.55. The smallest absolute Gasteiger partial charge is 0.110 e. The molecule has 0 spiro atoms. The zero-order chi connectivity index (χ0) is 17.0. The van der Waals surface area contributed by atoms with Gasteiger partial charge in [0.05, 0.1) is 12.7 Å². The van der Waals surface area contributed by atoms with E-state index in [0.29, 0.717) is 5.92 Å². The van der Waals surface area contributed by atoms with Crippen LogP contribution in [0.1, 0.15) is 46.0 Å². The van der Waals surface area contributed by atoms with Gasteiger partial charge < -0.3 is 12.9 Å². The van der Waals surface area contributed by atoms with Gasteiger partial charge >= 0.3 is 0 Å². The monoisotopic (exact) mass is 443 g/mol. The standard InChI is InChI=1S/C17H31FINO3/c1-17(2,18)13-6-4-12(5-7-13)9-20-10-16(23-19)15(22-3)8-14(20)11-21/h12-16,21H,4-11H2,1-3H3/t12-,13+,14-,15+,16+/m1/s1. The Morgan fingerprint density at radius 3 is 2.35 bits per heavy atom. The van der Waals surface area contributed by atoms with E-state index in [1.165, 1.54) is 0 Å². The molecule has 1 saturated carbocycles. The number of likely N-dealkylation sites (tertiary alicyclic amines) is 1. The summed E-state index contributed by atoms with van der Waals surface area (Å²) in [4.78, 5) is 2.35. The van der Waals surface area contributed by atoms with Crippen LogP contribution in [0.3, 0.4) is 0 Å². The van der Waals surface area contributed by atoms with E-state index in [2.05, 4.69) is 4.90 Å². The molecule has 1 aliphatic carbocycles. The maximum Gasteiger partial charge on any atom is 0.110 e. The van der Waals surface area contributed by atoms with Gasteiger partial charge in [0.2, 0.25) is 0 Å². The van der Waals surface area contributed by atoms with Crippen molar-refractivity contribution in [2.75, 3.05) is 26.8 Å². The number of piperidine rings is 1. The highest BCUT2D eigenvalue weighted by Crippen LogP contribution is 2.38. The largest absolute Gasteiger partial charge is 0.395 e. The number of halogens is 2. The maximum absolute atomic E-state index is 14.1. The third-order valence-electron chi connectivity index (χ3n) is 5.79. The Hall–Kier alpha value is 0.500. The van der Waals surface area contributed by atoms with Crippen molar-refractivity contribution in [1.29, 1.82) is 0 Å². The van der Waals surface area contributed by atoms with Crippen molar-refractivity contribution in [3.8, 4) is 0 Å². The fourth-order valence-corrected chi connectivity index (χ4v) is 4.67. The van der Waals surface area contributed by atoms with Crippen LogP contribution in [0, 0.1) is 11.8 Å². The van der Waals surface area contributed by atoms with Crippen LogP contribution in [0.25, 0.3) is 0 Å². The van der Waals surface area contributed by atoms with Crippen molar-refractivity contribution in [3.05, 3.63) is 0 Å². The number of rotatable bonds is 6. The van der Waals surface area contributed by atoms with E-state index in [-0.39, 0.29) is 30.8 Å². The van der Waals surface area contributed by atoms with E-state index < -0.39 is 5.67 Å². The quantitative estimate of drug-likeness (QED) is 0.640. The number of methoxy groups -OCH3 is 1. The number of alkyl halides is 1. The lowest BCUT2D eigenvalue weighted by atomic mass is 9.75. The fourth-order valence-electron chi connectivity index (χ4n) is 4.18. The van der Waals surface area contributed by atoms with Crippen LogP contribution in [0.2, 0.25) is 0 Å². The molecule has 0 radical (unpaired) electrons. The van der Waals surface area contributed by atoms with Gasteiger partial charge in [-0.3, -0.25) is 4.90 Å². The van der Waals surface area contributed by atoms with Crippen LogP contribution in [0.4, 0.5) is 4.39 Å². The van der Waals surface area contributed by atoms with Gasteiger partial charge in [0.25, 0.3) is 0 Å². The molecule has 1 aliphatic heterocycles. The maximum atomic E-state index is 14.1. The summed E-state index contributed by atoms with van der Waals surface area (Å²) in [7, 11) is 1.71. The van der Waals surface area contributed by atoms with Gasteiger partial charge in [-0.2, -0.15) is 0 Å². The van der Waals surface area contributed by atoms with Gasteiger partial charge in [0, 0.05) is 26.2 Å². The molecule has 2 aliphatic rings. The third-order valence-corrected chi connectivity index (χ3v) is 6.44. The summed E-state index contributed by atoms with van der Waals surface area (Å²) in [6.07, 6.45) is 4.99. The third kappa shape index (κ3) is 5.23. The van der Waals surface area contributed by atoms with Crippen LogP contribution in [-0.2, 0) is 7.80 Å². The highest BCUT2D eigenvalue weighted by atomic mass is 127. The Labute approximate surface area is 153 Å². The van der Waals surface area contributed by atoms with Gasteiger partial charge in [0.1, 0.15) is 34.8 Å². The van der Waals surface area contributed by atoms with E-state index >= 15 is 0 Å². The van der Waals surface area contributed by atoms with Crippen molar-refractivity contribution < 1.29 is 17.3 Å². The Morgan fingerprint density at radius 2 is 1.87 bits per heavy atom. The Morgan fingerprint density at radius 1 is 1.22 bits per heavy atom. The molecule has 0 bridgehead atoms. The van der Waals surface area contributed by atoms with Gasteiger partial charge in [-0.05, 0) is 57.8 Å². The zero-order valence-corrected chi connectivity index (χ0v) is 16.7. The summed E-state index contributed by atoms with van der Waals surface area (Å²) in [5.41, 5.74) is -1.06. The first-order chi connectivity index (χ1) is 10.9.